The number of piperazine rings is 1. The zero-order valence-electron chi connectivity index (χ0n) is 16.5. The molecule has 29 heavy (non-hydrogen) atoms. The lowest BCUT2D eigenvalue weighted by atomic mass is 10.2. The van der Waals surface area contributed by atoms with Crippen molar-refractivity contribution in [2.24, 2.45) is 0 Å². The molecule has 2 aromatic carbocycles. The Kier molecular flexibility index (Phi) is 5.20. The Morgan fingerprint density at radius 2 is 1.79 bits per heavy atom. The molecule has 6 nitrogen and oxygen atoms in total. The summed E-state index contributed by atoms with van der Waals surface area (Å²) < 4.78 is 21.0. The number of aromatic nitrogens is 2. The monoisotopic (exact) mass is 394 g/mol. The van der Waals surface area contributed by atoms with Crippen LogP contribution in [0.5, 0.6) is 5.75 Å². The number of carbonyl (C=O) groups is 1. The lowest BCUT2D eigenvalue weighted by Crippen LogP contribution is -2.49. The molecule has 1 fully saturated rings. The molecule has 4 rings (SSSR count). The van der Waals surface area contributed by atoms with Gasteiger partial charge in [0, 0.05) is 37.9 Å². The number of ether oxygens (including phenoxy) is 1. The van der Waals surface area contributed by atoms with E-state index in [1.807, 2.05) is 24.3 Å². The average Bonchev–Trinajstić information content (AvgIpc) is 3.15. The van der Waals surface area contributed by atoms with Gasteiger partial charge < -0.3 is 14.5 Å². The van der Waals surface area contributed by atoms with Crippen LogP contribution in [0.4, 0.5) is 10.1 Å². The van der Waals surface area contributed by atoms with Crippen LogP contribution < -0.4 is 9.64 Å². The van der Waals surface area contributed by atoms with Crippen molar-refractivity contribution in [1.82, 2.24) is 14.7 Å². The van der Waals surface area contributed by atoms with Gasteiger partial charge in [-0.2, -0.15) is 5.10 Å². The van der Waals surface area contributed by atoms with Crippen LogP contribution in [0.15, 0.2) is 54.6 Å². The van der Waals surface area contributed by atoms with Gasteiger partial charge in [0.1, 0.15) is 22.9 Å². The lowest BCUT2D eigenvalue weighted by Gasteiger charge is -2.36. The molecule has 7 heteroatoms. The smallest absolute Gasteiger partial charge is 0.272 e. The highest BCUT2D eigenvalue weighted by Gasteiger charge is 2.26. The zero-order chi connectivity index (χ0) is 20.4. The molecular formula is C22H23FN4O2. The highest BCUT2D eigenvalue weighted by Crippen LogP contribution is 2.23. The maximum Gasteiger partial charge on any atom is 0.272 e. The summed E-state index contributed by atoms with van der Waals surface area (Å²) in [5, 5.41) is 4.34. The Morgan fingerprint density at radius 3 is 2.52 bits per heavy atom. The molecule has 1 saturated heterocycles. The zero-order valence-corrected chi connectivity index (χ0v) is 16.5. The fourth-order valence-corrected chi connectivity index (χ4v) is 3.60. The van der Waals surface area contributed by atoms with Crippen molar-refractivity contribution < 1.29 is 13.9 Å². The van der Waals surface area contributed by atoms with Crippen molar-refractivity contribution in [2.75, 3.05) is 38.2 Å². The second-order valence-electron chi connectivity index (χ2n) is 7.01. The van der Waals surface area contributed by atoms with E-state index in [4.69, 9.17) is 4.74 Å². The second kappa shape index (κ2) is 7.95. The third kappa shape index (κ3) is 3.81. The number of halogens is 1. The van der Waals surface area contributed by atoms with Crippen molar-refractivity contribution in [1.29, 1.82) is 0 Å². The molecule has 1 aromatic heterocycles. The second-order valence-corrected chi connectivity index (χ2v) is 7.01. The number of rotatable bonds is 4. The molecule has 1 aliphatic rings. The van der Waals surface area contributed by atoms with Crippen LogP contribution >= 0.6 is 0 Å². The van der Waals surface area contributed by atoms with E-state index < -0.39 is 5.82 Å². The van der Waals surface area contributed by atoms with E-state index >= 15 is 0 Å². The molecule has 1 amide bonds. The highest BCUT2D eigenvalue weighted by molar-refractivity contribution is 5.93. The third-order valence-corrected chi connectivity index (χ3v) is 5.12. The van der Waals surface area contributed by atoms with Gasteiger partial charge in [-0.15, -0.1) is 0 Å². The third-order valence-electron chi connectivity index (χ3n) is 5.12. The first-order valence-corrected chi connectivity index (χ1v) is 9.56. The number of hydrogen-bond acceptors (Lipinski definition) is 4. The van der Waals surface area contributed by atoms with Crippen LogP contribution in [-0.2, 0) is 0 Å². The molecule has 0 N–H and O–H groups in total. The van der Waals surface area contributed by atoms with Gasteiger partial charge >= 0.3 is 0 Å². The number of hydrogen-bond donors (Lipinski definition) is 0. The summed E-state index contributed by atoms with van der Waals surface area (Å²) in [4.78, 5) is 17.2. The quantitative estimate of drug-likeness (QED) is 0.681. The van der Waals surface area contributed by atoms with Crippen molar-refractivity contribution in [3.63, 3.8) is 0 Å². The molecule has 0 spiro atoms. The number of nitrogens with zero attached hydrogens (tertiary/aromatic N) is 4. The van der Waals surface area contributed by atoms with Crippen molar-refractivity contribution >= 4 is 11.6 Å². The first kappa shape index (κ1) is 19.0. The fourth-order valence-electron chi connectivity index (χ4n) is 3.60. The minimum absolute atomic E-state index is 0.140. The molecule has 2 heterocycles. The number of methoxy groups -OCH3 is 1. The number of carbonyl (C=O) groups excluding carboxylic acids is 1. The molecule has 3 aromatic rings. The van der Waals surface area contributed by atoms with E-state index in [2.05, 4.69) is 10.00 Å². The Morgan fingerprint density at radius 1 is 1.03 bits per heavy atom. The van der Waals surface area contributed by atoms with E-state index in [9.17, 15) is 9.18 Å². The van der Waals surface area contributed by atoms with Gasteiger partial charge in [-0.25, -0.2) is 9.07 Å². The van der Waals surface area contributed by atoms with Crippen molar-refractivity contribution in [3.8, 4) is 11.4 Å². The van der Waals surface area contributed by atoms with E-state index in [1.165, 1.54) is 10.7 Å². The number of benzene rings is 2. The first-order chi connectivity index (χ1) is 14.1. The van der Waals surface area contributed by atoms with Gasteiger partial charge in [0.05, 0.1) is 12.8 Å². The fraction of sp³-hybridized carbons (Fsp3) is 0.273. The summed E-state index contributed by atoms with van der Waals surface area (Å²) in [7, 11) is 1.65. The molecule has 0 atom stereocenters. The largest absolute Gasteiger partial charge is 0.497 e. The predicted molar refractivity (Wildman–Crippen MR) is 109 cm³/mol. The van der Waals surface area contributed by atoms with Crippen LogP contribution in [-0.4, -0.2) is 53.9 Å². The van der Waals surface area contributed by atoms with Crippen LogP contribution in [0.2, 0.25) is 0 Å². The van der Waals surface area contributed by atoms with Gasteiger partial charge in [-0.1, -0.05) is 18.2 Å². The van der Waals surface area contributed by atoms with Crippen molar-refractivity contribution in [3.05, 3.63) is 71.8 Å². The Bertz CT molecular complexity index is 1030. The summed E-state index contributed by atoms with van der Waals surface area (Å²) in [5.41, 5.74) is 2.40. The average molecular weight is 394 g/mol. The molecule has 0 saturated carbocycles. The Hall–Kier alpha value is -3.35. The van der Waals surface area contributed by atoms with Gasteiger partial charge in [0.2, 0.25) is 0 Å². The lowest BCUT2D eigenvalue weighted by molar-refractivity contribution is 0.0737. The van der Waals surface area contributed by atoms with Crippen molar-refractivity contribution in [2.45, 2.75) is 6.92 Å². The van der Waals surface area contributed by atoms with Gasteiger partial charge in [-0.3, -0.25) is 4.79 Å². The SMILES string of the molecule is COc1cccc(N2CCN(C(=O)c3cc(C)nn3-c3ccccc3F)CC2)c1. The number of para-hydroxylation sites is 1. The Labute approximate surface area is 169 Å². The molecule has 0 unspecified atom stereocenters. The van der Waals surface area contributed by atoms with Gasteiger partial charge in [0.25, 0.3) is 5.91 Å². The summed E-state index contributed by atoms with van der Waals surface area (Å²) >= 11 is 0. The normalized spacial score (nSPS) is 14.2. The standard InChI is InChI=1S/C22H23FN4O2/c1-16-14-21(27(24-16)20-9-4-3-8-19(20)23)22(28)26-12-10-25(11-13-26)17-6-5-7-18(15-17)29-2/h3-9,14-15H,10-13H2,1-2H3. The predicted octanol–water partition coefficient (Wildman–Crippen LogP) is 3.29. The van der Waals surface area contributed by atoms with Crippen LogP contribution in [0, 0.1) is 12.7 Å². The van der Waals surface area contributed by atoms with Gasteiger partial charge in [-0.05, 0) is 37.3 Å². The molecule has 150 valence electrons. The minimum atomic E-state index is -0.410. The number of anilines is 1. The topological polar surface area (TPSA) is 50.6 Å². The van der Waals surface area contributed by atoms with Gasteiger partial charge in [0.15, 0.2) is 0 Å². The van der Waals surface area contributed by atoms with E-state index in [1.54, 1.807) is 43.2 Å². The summed E-state index contributed by atoms with van der Waals surface area (Å²) in [5.74, 6) is 0.261. The molecule has 0 aliphatic carbocycles. The minimum Gasteiger partial charge on any atom is -0.497 e. The van der Waals surface area contributed by atoms with Crippen LogP contribution in [0.25, 0.3) is 5.69 Å². The first-order valence-electron chi connectivity index (χ1n) is 9.56. The van der Waals surface area contributed by atoms with E-state index in [-0.39, 0.29) is 11.6 Å². The molecular weight excluding hydrogens is 371 g/mol. The van der Waals surface area contributed by atoms with E-state index in [0.717, 1.165) is 11.4 Å². The van der Waals surface area contributed by atoms with E-state index in [0.29, 0.717) is 37.6 Å². The summed E-state index contributed by atoms with van der Waals surface area (Å²) in [6.07, 6.45) is 0. The molecule has 0 bridgehead atoms. The van der Waals surface area contributed by atoms with Crippen LogP contribution in [0.3, 0.4) is 0 Å². The Balaban J connectivity index is 1.51. The highest BCUT2D eigenvalue weighted by atomic mass is 19.1. The maximum absolute atomic E-state index is 14.3. The molecule has 0 radical (unpaired) electrons. The summed E-state index contributed by atoms with van der Waals surface area (Å²) in [6, 6.07) is 16.0. The van der Waals surface area contributed by atoms with Crippen LogP contribution in [0.1, 0.15) is 16.2 Å². The maximum atomic E-state index is 14.3. The summed E-state index contributed by atoms with van der Waals surface area (Å²) in [6.45, 7) is 4.39. The number of aryl methyl sites for hydroxylation is 1. The molecule has 1 aliphatic heterocycles. The number of amides is 1.